The lowest BCUT2D eigenvalue weighted by Crippen LogP contribution is -2.56. The van der Waals surface area contributed by atoms with Gasteiger partial charge in [0.25, 0.3) is 0 Å². The van der Waals surface area contributed by atoms with E-state index in [4.69, 9.17) is 4.74 Å². The first-order valence-electron chi connectivity index (χ1n) is 10.7. The second kappa shape index (κ2) is 11.1. The molecule has 1 saturated heterocycles. The van der Waals surface area contributed by atoms with Gasteiger partial charge in [0.15, 0.2) is 0 Å². The predicted molar refractivity (Wildman–Crippen MR) is 121 cm³/mol. The van der Waals surface area contributed by atoms with Crippen molar-refractivity contribution in [3.8, 4) is 0 Å². The summed E-state index contributed by atoms with van der Waals surface area (Å²) in [6, 6.07) is 17.9. The van der Waals surface area contributed by atoms with E-state index in [1.807, 2.05) is 60.7 Å². The predicted octanol–water partition coefficient (Wildman–Crippen LogP) is 2.02. The highest BCUT2D eigenvalue weighted by molar-refractivity contribution is 7.89. The van der Waals surface area contributed by atoms with Gasteiger partial charge >= 0.3 is 6.09 Å². The summed E-state index contributed by atoms with van der Waals surface area (Å²) < 4.78 is 30.9. The number of hydrogen-bond acceptors (Lipinski definition) is 5. The minimum atomic E-state index is -3.29. The Labute approximate surface area is 189 Å². The van der Waals surface area contributed by atoms with Gasteiger partial charge in [-0.15, -0.1) is 0 Å². The minimum absolute atomic E-state index is 0.0341. The summed E-state index contributed by atoms with van der Waals surface area (Å²) in [6.45, 7) is 2.77. The van der Waals surface area contributed by atoms with Crippen LogP contribution in [-0.2, 0) is 32.6 Å². The van der Waals surface area contributed by atoms with Crippen LogP contribution in [0, 0.1) is 0 Å². The monoisotopic (exact) mass is 459 g/mol. The van der Waals surface area contributed by atoms with Crippen LogP contribution in [0.3, 0.4) is 0 Å². The van der Waals surface area contributed by atoms with Gasteiger partial charge in [0.1, 0.15) is 12.6 Å². The van der Waals surface area contributed by atoms with Crippen molar-refractivity contribution in [3.05, 3.63) is 71.8 Å². The second-order valence-corrected chi connectivity index (χ2v) is 9.83. The Balaban J connectivity index is 1.64. The molecule has 1 unspecified atom stereocenters. The molecule has 0 spiro atoms. The Morgan fingerprint density at radius 3 is 2.06 bits per heavy atom. The maximum Gasteiger partial charge on any atom is 0.408 e. The van der Waals surface area contributed by atoms with Crippen molar-refractivity contribution >= 4 is 22.0 Å². The summed E-state index contributed by atoms with van der Waals surface area (Å²) in [6.07, 6.45) is -0.358. The summed E-state index contributed by atoms with van der Waals surface area (Å²) in [5.41, 5.74) is 1.75. The van der Waals surface area contributed by atoms with Crippen molar-refractivity contribution in [2.75, 3.05) is 31.9 Å². The molecule has 2 aromatic rings. The molecule has 1 heterocycles. The van der Waals surface area contributed by atoms with Crippen LogP contribution in [0.15, 0.2) is 60.7 Å². The molecule has 1 aliphatic rings. The quantitative estimate of drug-likeness (QED) is 0.652. The normalized spacial score (nSPS) is 15.7. The average Bonchev–Trinajstić information content (AvgIpc) is 2.83. The number of piperazine rings is 1. The molecule has 8 nitrogen and oxygen atoms in total. The fourth-order valence-electron chi connectivity index (χ4n) is 3.55. The highest BCUT2D eigenvalue weighted by Gasteiger charge is 2.32. The van der Waals surface area contributed by atoms with E-state index in [1.165, 1.54) is 4.31 Å². The number of rotatable bonds is 8. The molecule has 2 aromatic carbocycles. The molecule has 0 aromatic heterocycles. The Kier molecular flexibility index (Phi) is 8.24. The third kappa shape index (κ3) is 6.54. The molecule has 1 atom stereocenters. The molecule has 0 radical (unpaired) electrons. The van der Waals surface area contributed by atoms with Gasteiger partial charge in [0.2, 0.25) is 15.9 Å². The number of carbonyl (C=O) groups excluding carboxylic acids is 2. The van der Waals surface area contributed by atoms with Crippen molar-refractivity contribution in [2.24, 2.45) is 0 Å². The third-order valence-electron chi connectivity index (χ3n) is 5.39. The van der Waals surface area contributed by atoms with Gasteiger partial charge in [-0.3, -0.25) is 4.79 Å². The number of carbonyl (C=O) groups is 2. The van der Waals surface area contributed by atoms with Gasteiger partial charge in [0, 0.05) is 32.6 Å². The summed E-state index contributed by atoms with van der Waals surface area (Å²) in [4.78, 5) is 27.3. The van der Waals surface area contributed by atoms with Crippen LogP contribution in [0.2, 0.25) is 0 Å². The van der Waals surface area contributed by atoms with Crippen molar-refractivity contribution < 1.29 is 22.7 Å². The molecular formula is C23H29N3O5S. The van der Waals surface area contributed by atoms with Gasteiger partial charge in [0.05, 0.1) is 5.75 Å². The third-order valence-corrected chi connectivity index (χ3v) is 7.28. The van der Waals surface area contributed by atoms with Gasteiger partial charge in [-0.05, 0) is 18.1 Å². The lowest BCUT2D eigenvalue weighted by Gasteiger charge is -2.35. The maximum atomic E-state index is 13.2. The molecule has 2 amide bonds. The SMILES string of the molecule is CCS(=O)(=O)N1CCN(C(=O)C(Cc2ccccc2)NC(=O)OCc2ccccc2)CC1. The van der Waals surface area contributed by atoms with E-state index in [0.29, 0.717) is 6.42 Å². The molecule has 1 N–H and O–H groups in total. The number of nitrogens with one attached hydrogen (secondary N) is 1. The highest BCUT2D eigenvalue weighted by Crippen LogP contribution is 2.12. The number of ether oxygens (including phenoxy) is 1. The van der Waals surface area contributed by atoms with Crippen molar-refractivity contribution in [2.45, 2.75) is 26.0 Å². The van der Waals surface area contributed by atoms with E-state index in [0.717, 1.165) is 11.1 Å². The second-order valence-electron chi connectivity index (χ2n) is 7.57. The van der Waals surface area contributed by atoms with Crippen LogP contribution < -0.4 is 5.32 Å². The topological polar surface area (TPSA) is 96.0 Å². The smallest absolute Gasteiger partial charge is 0.408 e. The molecule has 9 heteroatoms. The van der Waals surface area contributed by atoms with Gasteiger partial charge in [-0.2, -0.15) is 4.31 Å². The Bertz CT molecular complexity index is 991. The Morgan fingerprint density at radius 1 is 0.938 bits per heavy atom. The average molecular weight is 460 g/mol. The number of sulfonamides is 1. The summed E-state index contributed by atoms with van der Waals surface area (Å²) in [5.74, 6) is -0.217. The molecule has 3 rings (SSSR count). The molecular weight excluding hydrogens is 430 g/mol. The van der Waals surface area contributed by atoms with Crippen LogP contribution in [0.25, 0.3) is 0 Å². The molecule has 1 fully saturated rings. The molecule has 1 aliphatic heterocycles. The van der Waals surface area contributed by atoms with Crippen LogP contribution in [0.5, 0.6) is 0 Å². The van der Waals surface area contributed by atoms with Crippen molar-refractivity contribution in [1.29, 1.82) is 0 Å². The van der Waals surface area contributed by atoms with Gasteiger partial charge in [-0.25, -0.2) is 13.2 Å². The molecule has 32 heavy (non-hydrogen) atoms. The van der Waals surface area contributed by atoms with Crippen LogP contribution >= 0.6 is 0 Å². The summed E-state index contributed by atoms with van der Waals surface area (Å²) in [5, 5.41) is 2.70. The zero-order chi connectivity index (χ0) is 23.0. The number of hydrogen-bond donors (Lipinski definition) is 1. The van der Waals surface area contributed by atoms with E-state index < -0.39 is 22.2 Å². The number of nitrogens with zero attached hydrogens (tertiary/aromatic N) is 2. The first kappa shape index (κ1) is 23.7. The fourth-order valence-corrected chi connectivity index (χ4v) is 4.63. The fraction of sp³-hybridized carbons (Fsp3) is 0.391. The maximum absolute atomic E-state index is 13.2. The van der Waals surface area contributed by atoms with Crippen LogP contribution in [-0.4, -0.2) is 67.6 Å². The van der Waals surface area contributed by atoms with E-state index in [1.54, 1.807) is 11.8 Å². The van der Waals surface area contributed by atoms with Crippen molar-refractivity contribution in [1.82, 2.24) is 14.5 Å². The Morgan fingerprint density at radius 2 is 1.50 bits per heavy atom. The largest absolute Gasteiger partial charge is 0.445 e. The lowest BCUT2D eigenvalue weighted by atomic mass is 10.0. The van der Waals surface area contributed by atoms with E-state index in [9.17, 15) is 18.0 Å². The Hall–Kier alpha value is -2.91. The van der Waals surface area contributed by atoms with Crippen LogP contribution in [0.4, 0.5) is 4.79 Å². The first-order chi connectivity index (χ1) is 15.4. The van der Waals surface area contributed by atoms with E-state index in [2.05, 4.69) is 5.32 Å². The molecule has 0 saturated carbocycles. The minimum Gasteiger partial charge on any atom is -0.445 e. The summed E-state index contributed by atoms with van der Waals surface area (Å²) >= 11 is 0. The number of alkyl carbamates (subject to hydrolysis) is 1. The standard InChI is InChI=1S/C23H29N3O5S/c1-2-32(29,30)26-15-13-25(14-16-26)22(27)21(17-19-9-5-3-6-10-19)24-23(28)31-18-20-11-7-4-8-12-20/h3-12,21H,2,13-18H2,1H3,(H,24,28). The van der Waals surface area contributed by atoms with Gasteiger partial charge < -0.3 is 15.0 Å². The zero-order valence-electron chi connectivity index (χ0n) is 18.1. The zero-order valence-corrected chi connectivity index (χ0v) is 19.0. The molecule has 172 valence electrons. The van der Waals surface area contributed by atoms with Gasteiger partial charge in [-0.1, -0.05) is 60.7 Å². The number of benzene rings is 2. The number of amides is 2. The van der Waals surface area contributed by atoms with Crippen LogP contribution in [0.1, 0.15) is 18.1 Å². The molecule has 0 aliphatic carbocycles. The lowest BCUT2D eigenvalue weighted by molar-refractivity contribution is -0.134. The summed E-state index contributed by atoms with van der Waals surface area (Å²) in [7, 11) is -3.29. The first-order valence-corrected chi connectivity index (χ1v) is 12.3. The molecule has 0 bridgehead atoms. The van der Waals surface area contributed by atoms with E-state index in [-0.39, 0.29) is 44.4 Å². The van der Waals surface area contributed by atoms with Crippen molar-refractivity contribution in [3.63, 3.8) is 0 Å². The van der Waals surface area contributed by atoms with E-state index >= 15 is 0 Å². The highest BCUT2D eigenvalue weighted by atomic mass is 32.2.